The van der Waals surface area contributed by atoms with Crippen molar-refractivity contribution in [2.45, 2.75) is 57.9 Å². The van der Waals surface area contributed by atoms with Gasteiger partial charge in [0, 0.05) is 19.5 Å². The van der Waals surface area contributed by atoms with E-state index in [0.717, 1.165) is 0 Å². The molecule has 2 amide bonds. The first kappa shape index (κ1) is 13.4. The normalized spacial score (nSPS) is 26.6. The quantitative estimate of drug-likeness (QED) is 0.760. The van der Waals surface area contributed by atoms with Crippen LogP contribution in [0.15, 0.2) is 0 Å². The Bertz CT molecular complexity index is 309. The molecule has 4 heteroatoms. The van der Waals surface area contributed by atoms with E-state index in [1.165, 1.54) is 38.5 Å². The van der Waals surface area contributed by atoms with E-state index in [2.05, 4.69) is 5.32 Å². The number of hydrogen-bond acceptors (Lipinski definition) is 2. The van der Waals surface area contributed by atoms with E-state index < -0.39 is 0 Å². The maximum atomic E-state index is 12.3. The maximum absolute atomic E-state index is 12.3. The molecule has 1 aliphatic carbocycles. The standard InChI is InChI=1S/C14H24N2O2/c1-11-14(18)15-8-9-16(11)13(17)10-12-6-4-2-3-5-7-12/h11-12H,2-10H2,1H3,(H,15,18). The Morgan fingerprint density at radius 3 is 2.61 bits per heavy atom. The molecule has 1 N–H and O–H groups in total. The van der Waals surface area contributed by atoms with Gasteiger partial charge in [-0.05, 0) is 25.7 Å². The van der Waals surface area contributed by atoms with Crippen molar-refractivity contribution >= 4 is 11.8 Å². The lowest BCUT2D eigenvalue weighted by molar-refractivity contribution is -0.143. The molecule has 102 valence electrons. The van der Waals surface area contributed by atoms with E-state index in [9.17, 15) is 9.59 Å². The third-order valence-corrected chi connectivity index (χ3v) is 4.26. The molecule has 2 rings (SSSR count). The molecule has 0 bridgehead atoms. The Balaban J connectivity index is 1.88. The molecule has 1 aliphatic heterocycles. The van der Waals surface area contributed by atoms with E-state index in [0.29, 0.717) is 25.4 Å². The van der Waals surface area contributed by atoms with Gasteiger partial charge >= 0.3 is 0 Å². The van der Waals surface area contributed by atoms with Gasteiger partial charge in [-0.15, -0.1) is 0 Å². The SMILES string of the molecule is CC1C(=O)NCCN1C(=O)CC1CCCCCC1. The van der Waals surface area contributed by atoms with Crippen LogP contribution in [0, 0.1) is 5.92 Å². The number of rotatable bonds is 2. The van der Waals surface area contributed by atoms with Gasteiger partial charge in [0.15, 0.2) is 0 Å². The number of carbonyl (C=O) groups excluding carboxylic acids is 2. The Hall–Kier alpha value is -1.06. The highest BCUT2D eigenvalue weighted by Crippen LogP contribution is 2.26. The van der Waals surface area contributed by atoms with E-state index in [4.69, 9.17) is 0 Å². The van der Waals surface area contributed by atoms with Gasteiger partial charge in [-0.25, -0.2) is 0 Å². The number of nitrogens with one attached hydrogen (secondary N) is 1. The third-order valence-electron chi connectivity index (χ3n) is 4.26. The number of nitrogens with zero attached hydrogens (tertiary/aromatic N) is 1. The smallest absolute Gasteiger partial charge is 0.242 e. The van der Waals surface area contributed by atoms with Crippen LogP contribution in [-0.2, 0) is 9.59 Å². The van der Waals surface area contributed by atoms with Gasteiger partial charge in [-0.1, -0.05) is 25.7 Å². The van der Waals surface area contributed by atoms with Crippen LogP contribution in [0.25, 0.3) is 0 Å². The summed E-state index contributed by atoms with van der Waals surface area (Å²) in [5.41, 5.74) is 0. The van der Waals surface area contributed by atoms with Gasteiger partial charge in [0.05, 0.1) is 0 Å². The van der Waals surface area contributed by atoms with Gasteiger partial charge in [0.2, 0.25) is 11.8 Å². The lowest BCUT2D eigenvalue weighted by atomic mass is 9.95. The van der Waals surface area contributed by atoms with Crippen LogP contribution < -0.4 is 5.32 Å². The first-order valence-electron chi connectivity index (χ1n) is 7.25. The molecule has 1 unspecified atom stereocenters. The summed E-state index contributed by atoms with van der Waals surface area (Å²) in [6, 6.07) is -0.294. The maximum Gasteiger partial charge on any atom is 0.242 e. The molecule has 0 radical (unpaired) electrons. The van der Waals surface area contributed by atoms with Crippen LogP contribution in [0.5, 0.6) is 0 Å². The molecule has 1 atom stereocenters. The first-order chi connectivity index (χ1) is 8.68. The van der Waals surface area contributed by atoms with Gasteiger partial charge < -0.3 is 10.2 Å². The average Bonchev–Trinajstić information content (AvgIpc) is 2.61. The number of hydrogen-bond donors (Lipinski definition) is 1. The Morgan fingerprint density at radius 1 is 1.28 bits per heavy atom. The average molecular weight is 252 g/mol. The lowest BCUT2D eigenvalue weighted by Crippen LogP contribution is -2.56. The minimum Gasteiger partial charge on any atom is -0.353 e. The van der Waals surface area contributed by atoms with Gasteiger partial charge in [-0.3, -0.25) is 9.59 Å². The van der Waals surface area contributed by atoms with Crippen LogP contribution in [0.4, 0.5) is 0 Å². The summed E-state index contributed by atoms with van der Waals surface area (Å²) in [7, 11) is 0. The van der Waals surface area contributed by atoms with Crippen molar-refractivity contribution in [3.05, 3.63) is 0 Å². The zero-order valence-corrected chi connectivity index (χ0v) is 11.3. The first-order valence-corrected chi connectivity index (χ1v) is 7.25. The molecule has 4 nitrogen and oxygen atoms in total. The lowest BCUT2D eigenvalue weighted by Gasteiger charge is -2.33. The third kappa shape index (κ3) is 3.24. The molecule has 1 heterocycles. The summed E-state index contributed by atoms with van der Waals surface area (Å²) in [6.07, 6.45) is 8.14. The topological polar surface area (TPSA) is 49.4 Å². The van der Waals surface area contributed by atoms with Gasteiger partial charge in [0.1, 0.15) is 6.04 Å². The van der Waals surface area contributed by atoms with Crippen molar-refractivity contribution < 1.29 is 9.59 Å². The summed E-state index contributed by atoms with van der Waals surface area (Å²) < 4.78 is 0. The predicted molar refractivity (Wildman–Crippen MR) is 70.0 cm³/mol. The van der Waals surface area contributed by atoms with Gasteiger partial charge in [0.25, 0.3) is 0 Å². The monoisotopic (exact) mass is 252 g/mol. The second kappa shape index (κ2) is 6.21. The molecule has 0 aromatic heterocycles. The number of piperazine rings is 1. The molecule has 18 heavy (non-hydrogen) atoms. The Kier molecular flexibility index (Phi) is 4.61. The highest BCUT2D eigenvalue weighted by molar-refractivity contribution is 5.88. The minimum atomic E-state index is -0.294. The van der Waals surface area contributed by atoms with E-state index in [1.54, 1.807) is 4.90 Å². The van der Waals surface area contributed by atoms with E-state index >= 15 is 0 Å². The zero-order chi connectivity index (χ0) is 13.0. The fourth-order valence-electron chi connectivity index (χ4n) is 3.06. The molecular formula is C14H24N2O2. The molecule has 1 saturated carbocycles. The summed E-state index contributed by atoms with van der Waals surface area (Å²) in [5, 5.41) is 2.80. The second-order valence-corrected chi connectivity index (χ2v) is 5.62. The van der Waals surface area contributed by atoms with Crippen LogP contribution in [0.3, 0.4) is 0 Å². The van der Waals surface area contributed by atoms with Gasteiger partial charge in [-0.2, -0.15) is 0 Å². The number of carbonyl (C=O) groups is 2. The fourth-order valence-corrected chi connectivity index (χ4v) is 3.06. The van der Waals surface area contributed by atoms with Crippen molar-refractivity contribution in [1.82, 2.24) is 10.2 Å². The van der Waals surface area contributed by atoms with Crippen LogP contribution in [0.1, 0.15) is 51.9 Å². The highest BCUT2D eigenvalue weighted by atomic mass is 16.2. The largest absolute Gasteiger partial charge is 0.353 e. The minimum absolute atomic E-state index is 0.0181. The summed E-state index contributed by atoms with van der Waals surface area (Å²) in [5.74, 6) is 0.692. The molecule has 2 fully saturated rings. The van der Waals surface area contributed by atoms with Crippen LogP contribution >= 0.6 is 0 Å². The van der Waals surface area contributed by atoms with Crippen molar-refractivity contribution in [3.63, 3.8) is 0 Å². The highest BCUT2D eigenvalue weighted by Gasteiger charge is 2.30. The van der Waals surface area contributed by atoms with Crippen LogP contribution in [-0.4, -0.2) is 35.8 Å². The number of amides is 2. The zero-order valence-electron chi connectivity index (χ0n) is 11.3. The molecule has 1 saturated heterocycles. The van der Waals surface area contributed by atoms with Crippen molar-refractivity contribution in [2.75, 3.05) is 13.1 Å². The summed E-state index contributed by atoms with van der Waals surface area (Å²) >= 11 is 0. The second-order valence-electron chi connectivity index (χ2n) is 5.62. The molecule has 2 aliphatic rings. The Labute approximate surface area is 109 Å². The fraction of sp³-hybridized carbons (Fsp3) is 0.857. The predicted octanol–water partition coefficient (Wildman–Crippen LogP) is 1.69. The van der Waals surface area contributed by atoms with Crippen molar-refractivity contribution in [3.8, 4) is 0 Å². The molecule has 0 aromatic rings. The summed E-state index contributed by atoms with van der Waals surface area (Å²) in [4.78, 5) is 25.6. The van der Waals surface area contributed by atoms with Crippen LogP contribution in [0.2, 0.25) is 0 Å². The van der Waals surface area contributed by atoms with E-state index in [-0.39, 0.29) is 17.9 Å². The summed E-state index contributed by atoms with van der Waals surface area (Å²) in [6.45, 7) is 3.08. The van der Waals surface area contributed by atoms with E-state index in [1.807, 2.05) is 6.92 Å². The molecule has 0 spiro atoms. The van der Waals surface area contributed by atoms with Crippen molar-refractivity contribution in [2.24, 2.45) is 5.92 Å². The molecule has 0 aromatic carbocycles. The Morgan fingerprint density at radius 2 is 1.94 bits per heavy atom. The molecular weight excluding hydrogens is 228 g/mol. The van der Waals surface area contributed by atoms with Crippen molar-refractivity contribution in [1.29, 1.82) is 0 Å².